The summed E-state index contributed by atoms with van der Waals surface area (Å²) < 4.78 is 0. The van der Waals surface area contributed by atoms with E-state index in [0.29, 0.717) is 16.5 Å². The van der Waals surface area contributed by atoms with E-state index < -0.39 is 0 Å². The number of aromatic nitrogens is 1. The van der Waals surface area contributed by atoms with Gasteiger partial charge in [-0.2, -0.15) is 0 Å². The molecule has 0 radical (unpaired) electrons. The van der Waals surface area contributed by atoms with Gasteiger partial charge < -0.3 is 11.1 Å². The van der Waals surface area contributed by atoms with Gasteiger partial charge in [0.05, 0.1) is 16.5 Å². The van der Waals surface area contributed by atoms with Crippen LogP contribution in [0.5, 0.6) is 0 Å². The average Bonchev–Trinajstić information content (AvgIpc) is 2.20. The third kappa shape index (κ3) is 4.32. The van der Waals surface area contributed by atoms with E-state index in [4.69, 9.17) is 23.8 Å². The maximum absolute atomic E-state index is 5.72. The van der Waals surface area contributed by atoms with E-state index >= 15 is 0 Å². The minimum absolute atomic E-state index is 0.541. The van der Waals surface area contributed by atoms with E-state index in [-0.39, 0.29) is 0 Å². The van der Waals surface area contributed by atoms with Crippen LogP contribution >= 0.6 is 23.4 Å². The van der Waals surface area contributed by atoms with Crippen LogP contribution in [0.1, 0.15) is 0 Å². The van der Waals surface area contributed by atoms with Crippen molar-refractivity contribution in [2.45, 2.75) is 0 Å². The first-order valence-electron chi connectivity index (χ1n) is 4.40. The molecule has 0 saturated heterocycles. The lowest BCUT2D eigenvalue weighted by Gasteiger charge is -2.07. The molecule has 0 saturated carbocycles. The Bertz CT molecular complexity index is 362. The highest BCUT2D eigenvalue weighted by atomic mass is 35.5. The number of rotatable bonds is 5. The van der Waals surface area contributed by atoms with Crippen molar-refractivity contribution in [2.24, 2.45) is 0 Å². The van der Waals surface area contributed by atoms with E-state index in [1.54, 1.807) is 24.0 Å². The maximum Gasteiger partial charge on any atom is 0.149 e. The number of nitrogens with two attached hydrogens (primary N) is 1. The second-order valence-corrected chi connectivity index (χ2v) is 4.32. The molecule has 0 atom stereocenters. The molecule has 3 N–H and O–H groups in total. The quantitative estimate of drug-likeness (QED) is 0.612. The lowest BCUT2D eigenvalue weighted by atomic mass is 10.4. The molecule has 0 aliphatic carbocycles. The zero-order valence-corrected chi connectivity index (χ0v) is 9.74. The van der Waals surface area contributed by atoms with E-state index in [1.807, 2.05) is 0 Å². The monoisotopic (exact) mass is 241 g/mol. The van der Waals surface area contributed by atoms with Gasteiger partial charge in [-0.1, -0.05) is 17.5 Å². The summed E-state index contributed by atoms with van der Waals surface area (Å²) in [5.41, 5.74) is 6.27. The molecule has 0 bridgehead atoms. The lowest BCUT2D eigenvalue weighted by molar-refractivity contribution is 1.17. The second-order valence-electron chi connectivity index (χ2n) is 2.77. The molecule has 0 aliphatic rings. The number of thioether (sulfide) groups is 1. The Kier molecular flexibility index (Phi) is 5.16. The molecule has 1 heterocycles. The molecule has 0 unspecified atom stereocenters. The number of halogens is 1. The van der Waals surface area contributed by atoms with Gasteiger partial charge in [0.1, 0.15) is 5.82 Å². The average molecular weight is 242 g/mol. The van der Waals surface area contributed by atoms with E-state index in [2.05, 4.69) is 16.2 Å². The summed E-state index contributed by atoms with van der Waals surface area (Å²) in [6.07, 6.45) is 6.69. The lowest BCUT2D eigenvalue weighted by Crippen LogP contribution is -2.08. The molecule has 3 nitrogen and oxygen atoms in total. The van der Waals surface area contributed by atoms with E-state index in [9.17, 15) is 0 Å². The normalized spacial score (nSPS) is 9.60. The Morgan fingerprint density at radius 3 is 3.13 bits per heavy atom. The van der Waals surface area contributed by atoms with Crippen LogP contribution in [0.3, 0.4) is 0 Å². The van der Waals surface area contributed by atoms with Crippen molar-refractivity contribution in [1.29, 1.82) is 0 Å². The van der Waals surface area contributed by atoms with Crippen molar-refractivity contribution in [1.82, 2.24) is 4.98 Å². The van der Waals surface area contributed by atoms with Gasteiger partial charge >= 0.3 is 0 Å². The number of nitrogens with one attached hydrogen (secondary N) is 1. The zero-order chi connectivity index (χ0) is 11.1. The number of hydrogen-bond donors (Lipinski definition) is 2. The van der Waals surface area contributed by atoms with E-state index in [1.165, 1.54) is 0 Å². The molecular weight excluding hydrogens is 230 g/mol. The highest BCUT2D eigenvalue weighted by Gasteiger charge is 2.00. The van der Waals surface area contributed by atoms with Gasteiger partial charge in [-0.15, -0.1) is 18.2 Å². The van der Waals surface area contributed by atoms with Gasteiger partial charge in [0.15, 0.2) is 0 Å². The van der Waals surface area contributed by atoms with Crippen LogP contribution in [0.15, 0.2) is 12.3 Å². The Labute approximate surface area is 98.8 Å². The van der Waals surface area contributed by atoms with Gasteiger partial charge in [-0.3, -0.25) is 0 Å². The molecule has 15 heavy (non-hydrogen) atoms. The second kappa shape index (κ2) is 6.44. The summed E-state index contributed by atoms with van der Waals surface area (Å²) in [6, 6.07) is 1.67. The van der Waals surface area contributed by atoms with Crippen molar-refractivity contribution in [3.05, 3.63) is 17.3 Å². The van der Waals surface area contributed by atoms with Crippen LogP contribution < -0.4 is 11.1 Å². The number of hydrogen-bond acceptors (Lipinski definition) is 4. The van der Waals surface area contributed by atoms with Crippen molar-refractivity contribution >= 4 is 34.9 Å². The molecule has 80 valence electrons. The van der Waals surface area contributed by atoms with Gasteiger partial charge in [0.2, 0.25) is 0 Å². The van der Waals surface area contributed by atoms with Gasteiger partial charge in [0.25, 0.3) is 0 Å². The zero-order valence-electron chi connectivity index (χ0n) is 8.16. The highest BCUT2D eigenvalue weighted by Crippen LogP contribution is 2.19. The standard InChI is InChI=1S/C10H12ClN3S/c1-2-4-15-5-3-13-10-9(12)6-8(11)7-14-10/h1,6-7H,3-5,12H2,(H,13,14). The third-order valence-electron chi connectivity index (χ3n) is 1.61. The van der Waals surface area contributed by atoms with Crippen LogP contribution in [0.4, 0.5) is 11.5 Å². The minimum Gasteiger partial charge on any atom is -0.396 e. The van der Waals surface area contributed by atoms with E-state index in [0.717, 1.165) is 18.1 Å². The Morgan fingerprint density at radius 2 is 2.47 bits per heavy atom. The third-order valence-corrected chi connectivity index (χ3v) is 2.68. The smallest absolute Gasteiger partial charge is 0.149 e. The molecule has 1 rings (SSSR count). The van der Waals surface area contributed by atoms with Crippen molar-refractivity contribution < 1.29 is 0 Å². The van der Waals surface area contributed by atoms with Crippen molar-refractivity contribution in [3.8, 4) is 12.3 Å². The summed E-state index contributed by atoms with van der Waals surface area (Å²) in [6.45, 7) is 0.783. The van der Waals surface area contributed by atoms with Crippen LogP contribution in [0.2, 0.25) is 5.02 Å². The highest BCUT2D eigenvalue weighted by molar-refractivity contribution is 7.99. The Balaban J connectivity index is 2.35. The largest absolute Gasteiger partial charge is 0.396 e. The molecule has 0 spiro atoms. The molecule has 0 amide bonds. The number of anilines is 2. The fraction of sp³-hybridized carbons (Fsp3) is 0.300. The Hall–Kier alpha value is -1.05. The number of nitrogens with zero attached hydrogens (tertiary/aromatic N) is 1. The van der Waals surface area contributed by atoms with Crippen LogP contribution in [0, 0.1) is 12.3 Å². The Morgan fingerprint density at radius 1 is 1.67 bits per heavy atom. The summed E-state index contributed by atoms with van der Waals surface area (Å²) in [4.78, 5) is 4.08. The summed E-state index contributed by atoms with van der Waals surface area (Å²) in [5, 5.41) is 3.66. The molecule has 1 aromatic heterocycles. The molecule has 0 aliphatic heterocycles. The number of pyridine rings is 1. The first-order valence-corrected chi connectivity index (χ1v) is 5.93. The van der Waals surface area contributed by atoms with Crippen molar-refractivity contribution in [2.75, 3.05) is 29.1 Å². The molecule has 0 aromatic carbocycles. The van der Waals surface area contributed by atoms with Gasteiger partial charge in [-0.05, 0) is 6.07 Å². The summed E-state index contributed by atoms with van der Waals surface area (Å²) in [7, 11) is 0. The number of terminal acetylenes is 1. The first-order chi connectivity index (χ1) is 7.24. The van der Waals surface area contributed by atoms with Gasteiger partial charge in [-0.25, -0.2) is 4.98 Å². The topological polar surface area (TPSA) is 50.9 Å². The SMILES string of the molecule is C#CCSCCNc1ncc(Cl)cc1N. The summed E-state index contributed by atoms with van der Waals surface area (Å²) >= 11 is 7.41. The van der Waals surface area contributed by atoms with Crippen LogP contribution in [-0.4, -0.2) is 23.0 Å². The van der Waals surface area contributed by atoms with Gasteiger partial charge in [0, 0.05) is 18.5 Å². The maximum atomic E-state index is 5.72. The minimum atomic E-state index is 0.541. The van der Waals surface area contributed by atoms with Crippen LogP contribution in [-0.2, 0) is 0 Å². The van der Waals surface area contributed by atoms with Crippen molar-refractivity contribution in [3.63, 3.8) is 0 Å². The molecule has 1 aromatic rings. The summed E-state index contributed by atoms with van der Waals surface area (Å²) in [5.74, 6) is 4.88. The molecule has 0 fully saturated rings. The number of nitrogen functional groups attached to an aromatic ring is 1. The fourth-order valence-corrected chi connectivity index (χ4v) is 1.65. The first kappa shape index (κ1) is 12.0. The predicted octanol–water partition coefficient (Wildman–Crippen LogP) is 2.10. The predicted molar refractivity (Wildman–Crippen MR) is 68.3 cm³/mol. The molecule has 5 heteroatoms. The fourth-order valence-electron chi connectivity index (χ4n) is 0.975. The molecular formula is C10H12ClN3S. The van der Waals surface area contributed by atoms with Crippen LogP contribution in [0.25, 0.3) is 0 Å².